The largest absolute Gasteiger partial charge is 0.393 e. The van der Waals surface area contributed by atoms with Crippen molar-refractivity contribution in [1.82, 2.24) is 4.72 Å². The van der Waals surface area contributed by atoms with Gasteiger partial charge in [-0.25, -0.2) is 13.1 Å². The topological polar surface area (TPSA) is 81.4 Å². The third kappa shape index (κ3) is 8.73. The third-order valence-corrected chi connectivity index (χ3v) is 3.22. The van der Waals surface area contributed by atoms with Crippen molar-refractivity contribution in [2.45, 2.75) is 26.3 Å². The van der Waals surface area contributed by atoms with Crippen LogP contribution in [-0.2, 0) is 14.8 Å². The van der Waals surface area contributed by atoms with Crippen LogP contribution < -0.4 is 10.5 Å². The Bertz CT molecular complexity index is 290. The molecule has 0 aromatic carbocycles. The summed E-state index contributed by atoms with van der Waals surface area (Å²) in [6, 6.07) is -0.269. The second kappa shape index (κ2) is 7.10. The zero-order valence-electron chi connectivity index (χ0n) is 9.02. The number of nitrogens with one attached hydrogen (secondary N) is 1. The van der Waals surface area contributed by atoms with E-state index >= 15 is 0 Å². The lowest BCUT2D eigenvalue weighted by molar-refractivity contribution is 0.163. The lowest BCUT2D eigenvalue weighted by atomic mass is 10.3. The predicted molar refractivity (Wildman–Crippen MR) is 64.3 cm³/mol. The van der Waals surface area contributed by atoms with Crippen LogP contribution in [-0.4, -0.2) is 38.4 Å². The Morgan fingerprint density at radius 2 is 2.20 bits per heavy atom. The minimum absolute atomic E-state index is 0.0392. The van der Waals surface area contributed by atoms with E-state index < -0.39 is 10.0 Å². The fourth-order valence-corrected chi connectivity index (χ4v) is 2.42. The van der Waals surface area contributed by atoms with E-state index in [1.807, 2.05) is 6.92 Å². The number of nitrogens with two attached hydrogens (primary N) is 1. The van der Waals surface area contributed by atoms with E-state index in [2.05, 4.69) is 16.9 Å². The van der Waals surface area contributed by atoms with Gasteiger partial charge in [0.05, 0.1) is 17.3 Å². The summed E-state index contributed by atoms with van der Waals surface area (Å²) < 4.78 is 30.3. The van der Waals surface area contributed by atoms with Crippen molar-refractivity contribution in [2.75, 3.05) is 19.0 Å². The first-order valence-electron chi connectivity index (χ1n) is 4.73. The van der Waals surface area contributed by atoms with Gasteiger partial charge in [0.1, 0.15) is 0 Å². The summed E-state index contributed by atoms with van der Waals surface area (Å²) in [4.78, 5) is 0.301. The van der Waals surface area contributed by atoms with Gasteiger partial charge >= 0.3 is 0 Å². The summed E-state index contributed by atoms with van der Waals surface area (Å²) in [5.41, 5.74) is 5.31. The number of thiocarbonyl (C=S) groups is 1. The molecule has 0 bridgehead atoms. The number of rotatable bonds is 8. The molecule has 0 aromatic heterocycles. The molecule has 0 fully saturated rings. The van der Waals surface area contributed by atoms with Gasteiger partial charge in [-0.3, -0.25) is 0 Å². The van der Waals surface area contributed by atoms with Gasteiger partial charge in [0.25, 0.3) is 0 Å². The molecular formula is C8H18N2O3S2. The maximum Gasteiger partial charge on any atom is 0.214 e. The second-order valence-corrected chi connectivity index (χ2v) is 5.60. The summed E-state index contributed by atoms with van der Waals surface area (Å²) in [5.74, 6) is -0.0392. The molecule has 0 radical (unpaired) electrons. The van der Waals surface area contributed by atoms with E-state index in [1.54, 1.807) is 6.92 Å². The molecule has 0 rings (SSSR count). The van der Waals surface area contributed by atoms with Crippen LogP contribution in [0.25, 0.3) is 0 Å². The Kier molecular flexibility index (Phi) is 6.99. The van der Waals surface area contributed by atoms with E-state index in [4.69, 9.17) is 10.5 Å². The Morgan fingerprint density at radius 3 is 2.67 bits per heavy atom. The van der Waals surface area contributed by atoms with Gasteiger partial charge < -0.3 is 10.5 Å². The molecule has 1 unspecified atom stereocenters. The van der Waals surface area contributed by atoms with Crippen LogP contribution in [0, 0.1) is 0 Å². The van der Waals surface area contributed by atoms with Crippen LogP contribution in [0.2, 0.25) is 0 Å². The van der Waals surface area contributed by atoms with E-state index in [0.717, 1.165) is 0 Å². The van der Waals surface area contributed by atoms with E-state index in [1.165, 1.54) is 0 Å². The van der Waals surface area contributed by atoms with Gasteiger partial charge in [-0.1, -0.05) is 12.2 Å². The van der Waals surface area contributed by atoms with Crippen molar-refractivity contribution in [3.8, 4) is 0 Å². The first-order valence-corrected chi connectivity index (χ1v) is 6.79. The van der Waals surface area contributed by atoms with E-state index in [-0.39, 0.29) is 18.4 Å². The minimum Gasteiger partial charge on any atom is -0.393 e. The van der Waals surface area contributed by atoms with E-state index in [9.17, 15) is 8.42 Å². The Labute approximate surface area is 96.4 Å². The van der Waals surface area contributed by atoms with Gasteiger partial charge in [0, 0.05) is 19.1 Å². The highest BCUT2D eigenvalue weighted by atomic mass is 32.2. The molecule has 0 amide bonds. The predicted octanol–water partition coefficient (Wildman–Crippen LogP) is 0.00700. The van der Waals surface area contributed by atoms with Crippen molar-refractivity contribution < 1.29 is 13.2 Å². The first kappa shape index (κ1) is 14.8. The fourth-order valence-electron chi connectivity index (χ4n) is 1.02. The molecule has 0 aliphatic carbocycles. The maximum absolute atomic E-state index is 11.4. The summed E-state index contributed by atoms with van der Waals surface area (Å²) in [5, 5.41) is 0. The van der Waals surface area contributed by atoms with Gasteiger partial charge in [0.2, 0.25) is 10.0 Å². The fraction of sp³-hybridized carbons (Fsp3) is 0.875. The monoisotopic (exact) mass is 254 g/mol. The molecule has 0 aliphatic rings. The molecule has 90 valence electrons. The molecule has 0 aliphatic heterocycles. The van der Waals surface area contributed by atoms with Crippen LogP contribution in [0.5, 0.6) is 0 Å². The molecule has 1 atom stereocenters. The molecule has 3 N–H and O–H groups in total. The summed E-state index contributed by atoms with van der Waals surface area (Å²) in [7, 11) is -3.29. The zero-order valence-corrected chi connectivity index (χ0v) is 10.7. The van der Waals surface area contributed by atoms with Crippen molar-refractivity contribution >= 4 is 27.2 Å². The van der Waals surface area contributed by atoms with Gasteiger partial charge in [-0.15, -0.1) is 0 Å². The highest BCUT2D eigenvalue weighted by Gasteiger charge is 2.14. The minimum atomic E-state index is -3.29. The molecular weight excluding hydrogens is 236 g/mol. The van der Waals surface area contributed by atoms with Crippen LogP contribution in [0.15, 0.2) is 0 Å². The van der Waals surface area contributed by atoms with Crippen LogP contribution >= 0.6 is 12.2 Å². The van der Waals surface area contributed by atoms with Crippen molar-refractivity contribution in [3.63, 3.8) is 0 Å². The number of sulfonamides is 1. The quantitative estimate of drug-likeness (QED) is 0.471. The highest BCUT2D eigenvalue weighted by Crippen LogP contribution is 1.95. The molecule has 0 saturated heterocycles. The number of hydrogen-bond acceptors (Lipinski definition) is 4. The number of hydrogen-bond donors (Lipinski definition) is 2. The average molecular weight is 254 g/mol. The molecule has 0 aromatic rings. The first-order chi connectivity index (χ1) is 6.87. The number of ether oxygens (including phenoxy) is 1. The van der Waals surface area contributed by atoms with E-state index in [0.29, 0.717) is 18.0 Å². The van der Waals surface area contributed by atoms with Crippen LogP contribution in [0.4, 0.5) is 0 Å². The molecule has 5 nitrogen and oxygen atoms in total. The summed E-state index contributed by atoms with van der Waals surface area (Å²) in [6.45, 7) is 4.25. The summed E-state index contributed by atoms with van der Waals surface area (Å²) in [6.07, 6.45) is 0.364. The second-order valence-electron chi connectivity index (χ2n) is 3.21. The Balaban J connectivity index is 3.97. The lowest BCUT2D eigenvalue weighted by Gasteiger charge is -2.13. The Morgan fingerprint density at radius 1 is 1.60 bits per heavy atom. The van der Waals surface area contributed by atoms with Crippen molar-refractivity contribution in [1.29, 1.82) is 0 Å². The zero-order chi connectivity index (χ0) is 11.9. The van der Waals surface area contributed by atoms with Gasteiger partial charge in [-0.2, -0.15) is 0 Å². The molecule has 0 saturated carbocycles. The SMILES string of the molecule is CCOCCS(=O)(=O)NC(C)CC(N)=S. The average Bonchev–Trinajstić information content (AvgIpc) is 2.00. The lowest BCUT2D eigenvalue weighted by Crippen LogP contribution is -2.37. The third-order valence-electron chi connectivity index (χ3n) is 1.59. The summed E-state index contributed by atoms with van der Waals surface area (Å²) >= 11 is 4.69. The maximum atomic E-state index is 11.4. The van der Waals surface area contributed by atoms with Crippen LogP contribution in [0.1, 0.15) is 20.3 Å². The normalized spacial score (nSPS) is 13.7. The van der Waals surface area contributed by atoms with Gasteiger partial charge in [0.15, 0.2) is 0 Å². The smallest absolute Gasteiger partial charge is 0.214 e. The van der Waals surface area contributed by atoms with Gasteiger partial charge in [-0.05, 0) is 13.8 Å². The molecule has 15 heavy (non-hydrogen) atoms. The standard InChI is InChI=1S/C8H18N2O3S2/c1-3-13-4-5-15(11,12)10-7(2)6-8(9)14/h7,10H,3-6H2,1-2H3,(H2,9,14). The van der Waals surface area contributed by atoms with Crippen molar-refractivity contribution in [3.05, 3.63) is 0 Å². The van der Waals surface area contributed by atoms with Crippen LogP contribution in [0.3, 0.4) is 0 Å². The molecule has 7 heteroatoms. The molecule has 0 heterocycles. The Hall–Kier alpha value is -0.240. The molecule has 0 spiro atoms. The highest BCUT2D eigenvalue weighted by molar-refractivity contribution is 7.89. The van der Waals surface area contributed by atoms with Crippen molar-refractivity contribution in [2.24, 2.45) is 5.73 Å².